The van der Waals surface area contributed by atoms with Crippen LogP contribution in [-0.2, 0) is 14.8 Å². The zero-order chi connectivity index (χ0) is 20.5. The lowest BCUT2D eigenvalue weighted by atomic mass is 9.69. The van der Waals surface area contributed by atoms with E-state index in [-0.39, 0.29) is 28.5 Å². The largest absolute Gasteiger partial charge is 0.273 e. The van der Waals surface area contributed by atoms with Gasteiger partial charge in [0.25, 0.3) is 0 Å². The van der Waals surface area contributed by atoms with Gasteiger partial charge in [-0.3, -0.25) is 4.79 Å². The number of carbonyl (C=O) groups is 1. The Morgan fingerprint density at radius 1 is 1.32 bits per heavy atom. The van der Waals surface area contributed by atoms with Crippen molar-refractivity contribution in [2.45, 2.75) is 64.8 Å². The van der Waals surface area contributed by atoms with E-state index in [0.29, 0.717) is 27.9 Å². The van der Waals surface area contributed by atoms with Crippen LogP contribution in [0.5, 0.6) is 0 Å². The number of nitrogens with zero attached hydrogens (tertiary/aromatic N) is 1. The van der Waals surface area contributed by atoms with Gasteiger partial charge in [-0.05, 0) is 54.7 Å². The fourth-order valence-corrected chi connectivity index (χ4v) is 9.33. The third-order valence-electron chi connectivity index (χ3n) is 7.84. The standard InChI is InChI=1S/C21H27Cl2NO3S/c1-4-5-16(15-7-6-14(22)11-17(15)23)19(25)24-18-10-13-8-9-21(18,20(13,2)3)12-28(24,26)27/h6-7,11,13,16,18H,4-5,8-10,12H2,1-3H3/t13?,16-,18?,21?/m0/s1. The van der Waals surface area contributed by atoms with Crippen LogP contribution in [0.25, 0.3) is 0 Å². The molecule has 3 fully saturated rings. The molecule has 4 nitrogen and oxygen atoms in total. The maximum absolute atomic E-state index is 13.7. The van der Waals surface area contributed by atoms with Gasteiger partial charge in [0, 0.05) is 15.5 Å². The zero-order valence-corrected chi connectivity index (χ0v) is 18.9. The first-order chi connectivity index (χ1) is 13.0. The summed E-state index contributed by atoms with van der Waals surface area (Å²) in [7, 11) is -3.64. The van der Waals surface area contributed by atoms with E-state index >= 15 is 0 Å². The van der Waals surface area contributed by atoms with E-state index in [1.165, 1.54) is 4.31 Å². The summed E-state index contributed by atoms with van der Waals surface area (Å²) in [6.07, 6.45) is 4.04. The van der Waals surface area contributed by atoms with Crippen molar-refractivity contribution in [2.75, 3.05) is 5.75 Å². The van der Waals surface area contributed by atoms with Gasteiger partial charge in [0.05, 0.1) is 17.7 Å². The van der Waals surface area contributed by atoms with Crippen molar-refractivity contribution >= 4 is 39.1 Å². The third-order valence-corrected chi connectivity index (χ3v) is 10.3. The van der Waals surface area contributed by atoms with E-state index < -0.39 is 15.9 Å². The molecule has 0 aromatic heterocycles. The van der Waals surface area contributed by atoms with E-state index in [1.54, 1.807) is 18.2 Å². The number of fused-ring (bicyclic) bond motifs is 1. The highest BCUT2D eigenvalue weighted by molar-refractivity contribution is 7.90. The lowest BCUT2D eigenvalue weighted by Crippen LogP contribution is -2.45. The summed E-state index contributed by atoms with van der Waals surface area (Å²) in [6.45, 7) is 6.37. The minimum absolute atomic E-state index is 0.0576. The lowest BCUT2D eigenvalue weighted by Gasteiger charge is -2.37. The van der Waals surface area contributed by atoms with Gasteiger partial charge in [0.1, 0.15) is 0 Å². The summed E-state index contributed by atoms with van der Waals surface area (Å²) in [6, 6.07) is 4.87. The Kier molecular flexibility index (Phi) is 4.84. The predicted molar refractivity (Wildman–Crippen MR) is 112 cm³/mol. The Labute approximate surface area is 177 Å². The third kappa shape index (κ3) is 2.69. The summed E-state index contributed by atoms with van der Waals surface area (Å²) in [4.78, 5) is 13.7. The highest BCUT2D eigenvalue weighted by Gasteiger charge is 2.72. The fourth-order valence-electron chi connectivity index (χ4n) is 6.22. The normalized spacial score (nSPS) is 33.1. The van der Waals surface area contributed by atoms with E-state index in [1.807, 2.05) is 6.92 Å². The molecule has 1 heterocycles. The summed E-state index contributed by atoms with van der Waals surface area (Å²) < 4.78 is 27.7. The molecule has 28 heavy (non-hydrogen) atoms. The molecule has 2 saturated carbocycles. The van der Waals surface area contributed by atoms with Gasteiger partial charge in [0.2, 0.25) is 15.9 Å². The Morgan fingerprint density at radius 2 is 2.04 bits per heavy atom. The van der Waals surface area contributed by atoms with Gasteiger partial charge in [-0.1, -0.05) is 56.5 Å². The topological polar surface area (TPSA) is 54.5 Å². The first kappa shape index (κ1) is 20.5. The predicted octanol–water partition coefficient (Wildman–Crippen LogP) is 5.24. The van der Waals surface area contributed by atoms with Crippen LogP contribution in [0, 0.1) is 16.7 Å². The molecule has 1 aromatic rings. The SMILES string of the molecule is CCC[C@H](C(=O)N1C2CC3CCC2(CS1(=O)=O)C3(C)C)c1ccc(Cl)cc1Cl. The number of benzene rings is 1. The molecule has 1 aromatic carbocycles. The fraction of sp³-hybridized carbons (Fsp3) is 0.667. The van der Waals surface area contributed by atoms with Crippen LogP contribution in [-0.4, -0.2) is 30.4 Å². The number of halogens is 2. The van der Waals surface area contributed by atoms with Crippen molar-refractivity contribution in [3.05, 3.63) is 33.8 Å². The molecule has 3 unspecified atom stereocenters. The molecule has 1 aliphatic heterocycles. The van der Waals surface area contributed by atoms with E-state index in [2.05, 4.69) is 13.8 Å². The van der Waals surface area contributed by atoms with Gasteiger partial charge < -0.3 is 0 Å². The molecule has 2 aliphatic carbocycles. The molecule has 3 aliphatic rings. The zero-order valence-electron chi connectivity index (χ0n) is 16.5. The average Bonchev–Trinajstić information content (AvgIpc) is 3.07. The van der Waals surface area contributed by atoms with Crippen LogP contribution in [0.3, 0.4) is 0 Å². The molecular weight excluding hydrogens is 417 g/mol. The van der Waals surface area contributed by atoms with Gasteiger partial charge in [0.15, 0.2) is 0 Å². The van der Waals surface area contributed by atoms with Crippen LogP contribution in [0.2, 0.25) is 10.0 Å². The maximum Gasteiger partial charge on any atom is 0.243 e. The summed E-state index contributed by atoms with van der Waals surface area (Å²) in [5.74, 6) is -0.321. The molecule has 1 saturated heterocycles. The second kappa shape index (κ2) is 6.61. The highest BCUT2D eigenvalue weighted by Crippen LogP contribution is 2.70. The molecule has 4 rings (SSSR count). The summed E-state index contributed by atoms with van der Waals surface area (Å²) in [5, 5.41) is 0.915. The summed E-state index contributed by atoms with van der Waals surface area (Å²) >= 11 is 12.4. The van der Waals surface area contributed by atoms with Gasteiger partial charge in [-0.15, -0.1) is 0 Å². The molecule has 4 atom stereocenters. The average molecular weight is 444 g/mol. The molecule has 0 N–H and O–H groups in total. The van der Waals surface area contributed by atoms with Crippen LogP contribution in [0.15, 0.2) is 18.2 Å². The number of hydrogen-bond acceptors (Lipinski definition) is 3. The lowest BCUT2D eigenvalue weighted by molar-refractivity contribution is -0.130. The molecule has 0 radical (unpaired) electrons. The van der Waals surface area contributed by atoms with Gasteiger partial charge in [-0.25, -0.2) is 12.7 Å². The Hall–Kier alpha value is -0.780. The molecule has 1 spiro atoms. The number of rotatable bonds is 4. The van der Waals surface area contributed by atoms with Crippen LogP contribution < -0.4 is 0 Å². The van der Waals surface area contributed by atoms with Crippen molar-refractivity contribution in [2.24, 2.45) is 16.7 Å². The minimum Gasteiger partial charge on any atom is -0.273 e. The number of amides is 1. The summed E-state index contributed by atoms with van der Waals surface area (Å²) in [5.41, 5.74) is 0.293. The van der Waals surface area contributed by atoms with Crippen molar-refractivity contribution in [3.63, 3.8) is 0 Å². The Balaban J connectivity index is 1.75. The van der Waals surface area contributed by atoms with E-state index in [4.69, 9.17) is 23.2 Å². The van der Waals surface area contributed by atoms with Crippen molar-refractivity contribution < 1.29 is 13.2 Å². The van der Waals surface area contributed by atoms with Crippen LogP contribution >= 0.6 is 23.2 Å². The Bertz CT molecular complexity index is 930. The van der Waals surface area contributed by atoms with Crippen molar-refractivity contribution in [1.29, 1.82) is 0 Å². The first-order valence-corrected chi connectivity index (χ1v) is 12.4. The molecule has 7 heteroatoms. The van der Waals surface area contributed by atoms with Crippen LogP contribution in [0.1, 0.15) is 64.4 Å². The monoisotopic (exact) mass is 443 g/mol. The smallest absolute Gasteiger partial charge is 0.243 e. The molecular formula is C21H27Cl2NO3S. The number of hydrogen-bond donors (Lipinski definition) is 0. The van der Waals surface area contributed by atoms with Gasteiger partial charge >= 0.3 is 0 Å². The van der Waals surface area contributed by atoms with Crippen LogP contribution in [0.4, 0.5) is 0 Å². The van der Waals surface area contributed by atoms with E-state index in [9.17, 15) is 13.2 Å². The van der Waals surface area contributed by atoms with Crippen molar-refractivity contribution in [1.82, 2.24) is 4.31 Å². The quantitative estimate of drug-likeness (QED) is 0.638. The second-order valence-corrected chi connectivity index (χ2v) is 12.0. The Morgan fingerprint density at radius 3 is 2.64 bits per heavy atom. The van der Waals surface area contributed by atoms with Gasteiger partial charge in [-0.2, -0.15) is 0 Å². The van der Waals surface area contributed by atoms with Crippen molar-refractivity contribution in [3.8, 4) is 0 Å². The maximum atomic E-state index is 13.7. The highest BCUT2D eigenvalue weighted by atomic mass is 35.5. The van der Waals surface area contributed by atoms with E-state index in [0.717, 1.165) is 25.7 Å². The minimum atomic E-state index is -3.64. The first-order valence-electron chi connectivity index (χ1n) is 10.1. The molecule has 2 bridgehead atoms. The number of sulfonamides is 1. The second-order valence-electron chi connectivity index (χ2n) is 9.26. The molecule has 1 amide bonds. The molecule has 154 valence electrons. The number of carbonyl (C=O) groups excluding carboxylic acids is 1.